The Labute approximate surface area is 187 Å². The van der Waals surface area contributed by atoms with E-state index in [-0.39, 0.29) is 11.9 Å². The quantitative estimate of drug-likeness (QED) is 0.524. The number of aromatic nitrogens is 4. The van der Waals surface area contributed by atoms with Gasteiger partial charge in [0.2, 0.25) is 16.2 Å². The Kier molecular flexibility index (Phi) is 6.71. The summed E-state index contributed by atoms with van der Waals surface area (Å²) in [6, 6.07) is 10.1. The van der Waals surface area contributed by atoms with E-state index in [1.54, 1.807) is 37.4 Å². The van der Waals surface area contributed by atoms with Gasteiger partial charge in [0.1, 0.15) is 5.75 Å². The van der Waals surface area contributed by atoms with Crippen LogP contribution in [0, 0.1) is 5.95 Å². The maximum Gasteiger partial charge on any atom is 0.259 e. The second-order valence-corrected chi connectivity index (χ2v) is 8.06. The minimum absolute atomic E-state index is 0.115. The first-order valence-corrected chi connectivity index (χ1v) is 10.7. The lowest BCUT2D eigenvalue weighted by Gasteiger charge is -2.16. The summed E-state index contributed by atoms with van der Waals surface area (Å²) in [5, 5.41) is 22.5. The van der Waals surface area contributed by atoms with Gasteiger partial charge < -0.3 is 19.7 Å². The van der Waals surface area contributed by atoms with Crippen LogP contribution >= 0.6 is 11.3 Å². The number of nitrogens with one attached hydrogen (secondary N) is 2. The molecule has 0 spiro atoms. The van der Waals surface area contributed by atoms with Gasteiger partial charge in [-0.15, -0.1) is 20.4 Å². The number of carbonyl (C=O) groups is 1. The van der Waals surface area contributed by atoms with Crippen LogP contribution < -0.4 is 20.3 Å². The van der Waals surface area contributed by atoms with E-state index in [0.717, 1.165) is 13.0 Å². The molecule has 2 atom stereocenters. The third-order valence-corrected chi connectivity index (χ3v) is 5.78. The monoisotopic (exact) mass is 459 g/mol. The molecule has 12 heteroatoms. The van der Waals surface area contributed by atoms with Crippen LogP contribution in [-0.2, 0) is 9.53 Å². The lowest BCUT2D eigenvalue weighted by Crippen LogP contribution is -2.26. The SMILES string of the molecule is COc1ccc(C(OC)C(=O)Nc2nnc(N[C@@H]3CCN(c4ccc(F)nn4)C3)s2)cc1. The summed E-state index contributed by atoms with van der Waals surface area (Å²) in [6.45, 7) is 1.43. The minimum atomic E-state index is -0.790. The van der Waals surface area contributed by atoms with Gasteiger partial charge in [-0.2, -0.15) is 4.39 Å². The van der Waals surface area contributed by atoms with Crippen LogP contribution in [0.25, 0.3) is 0 Å². The Balaban J connectivity index is 1.33. The summed E-state index contributed by atoms with van der Waals surface area (Å²) in [6.07, 6.45) is 0.0604. The fourth-order valence-corrected chi connectivity index (χ4v) is 4.14. The molecular weight excluding hydrogens is 437 g/mol. The number of ether oxygens (including phenoxy) is 2. The summed E-state index contributed by atoms with van der Waals surface area (Å²) < 4.78 is 23.5. The standard InChI is InChI=1S/C20H22FN7O3S/c1-30-14-5-3-12(4-6-14)17(31-2)18(29)23-20-27-26-19(32-20)22-13-9-10-28(11-13)16-8-7-15(21)24-25-16/h3-8,13,17H,9-11H2,1-2H3,(H,22,26)(H,23,27,29)/t13-,17?/m1/s1. The van der Waals surface area contributed by atoms with Crippen LogP contribution in [0.3, 0.4) is 0 Å². The summed E-state index contributed by atoms with van der Waals surface area (Å²) in [5.74, 6) is 0.377. The highest BCUT2D eigenvalue weighted by Gasteiger charge is 2.26. The van der Waals surface area contributed by atoms with Crippen molar-refractivity contribution in [2.45, 2.75) is 18.6 Å². The van der Waals surface area contributed by atoms with Crippen LogP contribution in [0.4, 0.5) is 20.5 Å². The van der Waals surface area contributed by atoms with Gasteiger partial charge in [-0.25, -0.2) is 0 Å². The average molecular weight is 460 g/mol. The van der Waals surface area contributed by atoms with Gasteiger partial charge in [-0.1, -0.05) is 23.5 Å². The van der Waals surface area contributed by atoms with Crippen molar-refractivity contribution in [2.75, 3.05) is 42.8 Å². The molecule has 3 aromatic rings. The first-order valence-electron chi connectivity index (χ1n) is 9.87. The van der Waals surface area contributed by atoms with Gasteiger partial charge in [0.25, 0.3) is 5.91 Å². The number of nitrogens with zero attached hydrogens (tertiary/aromatic N) is 5. The molecule has 3 heterocycles. The molecule has 0 bridgehead atoms. The summed E-state index contributed by atoms with van der Waals surface area (Å²) in [5.41, 5.74) is 0.698. The smallest absolute Gasteiger partial charge is 0.259 e. The highest BCUT2D eigenvalue weighted by Crippen LogP contribution is 2.26. The maximum atomic E-state index is 13.0. The van der Waals surface area contributed by atoms with Crippen molar-refractivity contribution in [3.8, 4) is 5.75 Å². The molecule has 1 aliphatic heterocycles. The molecule has 1 unspecified atom stereocenters. The van der Waals surface area contributed by atoms with Gasteiger partial charge in [0, 0.05) is 26.2 Å². The van der Waals surface area contributed by atoms with E-state index >= 15 is 0 Å². The van der Waals surface area contributed by atoms with Crippen molar-refractivity contribution < 1.29 is 18.7 Å². The Morgan fingerprint density at radius 1 is 1.12 bits per heavy atom. The van der Waals surface area contributed by atoms with Crippen LogP contribution in [0.2, 0.25) is 0 Å². The number of carbonyl (C=O) groups excluding carboxylic acids is 1. The molecule has 2 aromatic heterocycles. The Hall–Kier alpha value is -3.38. The molecule has 1 aromatic carbocycles. The molecule has 168 valence electrons. The molecule has 32 heavy (non-hydrogen) atoms. The van der Waals surface area contributed by atoms with Crippen LogP contribution in [0.5, 0.6) is 5.75 Å². The van der Waals surface area contributed by atoms with E-state index in [2.05, 4.69) is 31.0 Å². The zero-order valence-corrected chi connectivity index (χ0v) is 18.3. The third-order valence-electron chi connectivity index (χ3n) is 5.01. The molecule has 0 radical (unpaired) electrons. The summed E-state index contributed by atoms with van der Waals surface area (Å²) >= 11 is 1.24. The molecule has 1 saturated heterocycles. The minimum Gasteiger partial charge on any atom is -0.497 e. The zero-order valence-electron chi connectivity index (χ0n) is 17.5. The molecular formula is C20H22FN7O3S. The van der Waals surface area contributed by atoms with Crippen molar-refractivity contribution in [1.82, 2.24) is 20.4 Å². The number of benzene rings is 1. The van der Waals surface area contributed by atoms with E-state index < -0.39 is 12.1 Å². The first-order chi connectivity index (χ1) is 15.6. The molecule has 1 amide bonds. The highest BCUT2D eigenvalue weighted by molar-refractivity contribution is 7.19. The topological polar surface area (TPSA) is 114 Å². The van der Waals surface area contributed by atoms with Gasteiger partial charge in [-0.3, -0.25) is 10.1 Å². The average Bonchev–Trinajstić information content (AvgIpc) is 3.45. The third kappa shape index (κ3) is 5.08. The van der Waals surface area contributed by atoms with E-state index in [9.17, 15) is 9.18 Å². The van der Waals surface area contributed by atoms with Crippen molar-refractivity contribution in [1.29, 1.82) is 0 Å². The molecule has 2 N–H and O–H groups in total. The summed E-state index contributed by atoms with van der Waals surface area (Å²) in [7, 11) is 3.05. The predicted octanol–water partition coefficient (Wildman–Crippen LogP) is 2.49. The summed E-state index contributed by atoms with van der Waals surface area (Å²) in [4.78, 5) is 14.7. The van der Waals surface area contributed by atoms with Gasteiger partial charge in [0.05, 0.1) is 7.11 Å². The fourth-order valence-electron chi connectivity index (χ4n) is 3.41. The van der Waals surface area contributed by atoms with Gasteiger partial charge in [0.15, 0.2) is 11.9 Å². The lowest BCUT2D eigenvalue weighted by molar-refractivity contribution is -0.126. The van der Waals surface area contributed by atoms with Crippen LogP contribution in [-0.4, -0.2) is 59.7 Å². The number of methoxy groups -OCH3 is 2. The van der Waals surface area contributed by atoms with Crippen molar-refractivity contribution >= 4 is 33.3 Å². The van der Waals surface area contributed by atoms with Crippen molar-refractivity contribution in [3.63, 3.8) is 0 Å². The normalized spacial score (nSPS) is 16.6. The predicted molar refractivity (Wildman–Crippen MR) is 118 cm³/mol. The van der Waals surface area contributed by atoms with E-state index in [0.29, 0.717) is 33.9 Å². The number of amides is 1. The maximum absolute atomic E-state index is 13.0. The van der Waals surface area contributed by atoms with E-state index in [4.69, 9.17) is 9.47 Å². The molecule has 0 saturated carbocycles. The molecule has 10 nitrogen and oxygen atoms in total. The van der Waals surface area contributed by atoms with Crippen molar-refractivity contribution in [3.05, 3.63) is 47.9 Å². The Morgan fingerprint density at radius 3 is 2.59 bits per heavy atom. The lowest BCUT2D eigenvalue weighted by atomic mass is 10.1. The van der Waals surface area contributed by atoms with Crippen LogP contribution in [0.1, 0.15) is 18.1 Å². The van der Waals surface area contributed by atoms with Gasteiger partial charge in [-0.05, 0) is 36.2 Å². The number of hydrogen-bond donors (Lipinski definition) is 2. The van der Waals surface area contributed by atoms with Crippen LogP contribution in [0.15, 0.2) is 36.4 Å². The Bertz CT molecular complexity index is 1050. The number of halogens is 1. The van der Waals surface area contributed by atoms with E-state index in [1.165, 1.54) is 24.5 Å². The van der Waals surface area contributed by atoms with Gasteiger partial charge >= 0.3 is 0 Å². The first kappa shape index (κ1) is 21.8. The number of rotatable bonds is 8. The fraction of sp³-hybridized carbons (Fsp3) is 0.350. The molecule has 0 aliphatic carbocycles. The number of hydrogen-bond acceptors (Lipinski definition) is 10. The molecule has 1 fully saturated rings. The van der Waals surface area contributed by atoms with Crippen molar-refractivity contribution in [2.24, 2.45) is 0 Å². The second kappa shape index (κ2) is 9.83. The largest absolute Gasteiger partial charge is 0.497 e. The zero-order chi connectivity index (χ0) is 22.5. The number of anilines is 3. The molecule has 4 rings (SSSR count). The molecule has 1 aliphatic rings. The van der Waals surface area contributed by atoms with E-state index in [1.807, 2.05) is 4.90 Å². The highest BCUT2D eigenvalue weighted by atomic mass is 32.1. The second-order valence-electron chi connectivity index (χ2n) is 7.08. The Morgan fingerprint density at radius 2 is 1.91 bits per heavy atom.